The molecule has 2 aliphatic heterocycles. The van der Waals surface area contributed by atoms with Crippen molar-refractivity contribution in [1.82, 2.24) is 9.80 Å². The number of hydrogen-bond acceptors (Lipinski definition) is 2. The van der Waals surface area contributed by atoms with E-state index >= 15 is 0 Å². The van der Waals surface area contributed by atoms with Crippen LogP contribution in [0.2, 0.25) is 0 Å². The fourth-order valence-electron chi connectivity index (χ4n) is 3.06. The van der Waals surface area contributed by atoms with Crippen LogP contribution in [0.4, 0.5) is 0 Å². The molecule has 0 N–H and O–H groups in total. The summed E-state index contributed by atoms with van der Waals surface area (Å²) in [4.78, 5) is 16.7. The lowest BCUT2D eigenvalue weighted by Gasteiger charge is -2.34. The second-order valence-corrected chi connectivity index (χ2v) is 6.04. The molecule has 0 aromatic heterocycles. The Morgan fingerprint density at radius 1 is 1.18 bits per heavy atom. The molecular formula is C14H26N2O. The number of nitrogens with zero attached hydrogens (tertiary/aromatic N) is 2. The maximum Gasteiger partial charge on any atom is 0.222 e. The molecule has 0 unspecified atom stereocenters. The molecule has 0 bridgehead atoms. The predicted molar refractivity (Wildman–Crippen MR) is 69.8 cm³/mol. The highest BCUT2D eigenvalue weighted by atomic mass is 16.2. The van der Waals surface area contributed by atoms with Crippen molar-refractivity contribution in [2.75, 3.05) is 33.2 Å². The normalized spacial score (nSPS) is 28.4. The SMILES string of the molecule is C[C@H]1CCCN(C(=O)CC2CCN(C)CC2)C1. The van der Waals surface area contributed by atoms with Crippen LogP contribution < -0.4 is 0 Å². The van der Waals surface area contributed by atoms with Crippen LogP contribution in [0.5, 0.6) is 0 Å². The number of carbonyl (C=O) groups excluding carboxylic acids is 1. The summed E-state index contributed by atoms with van der Waals surface area (Å²) in [6.45, 7) is 6.57. The van der Waals surface area contributed by atoms with E-state index in [9.17, 15) is 4.79 Å². The van der Waals surface area contributed by atoms with Gasteiger partial charge in [-0.15, -0.1) is 0 Å². The summed E-state index contributed by atoms with van der Waals surface area (Å²) in [5.41, 5.74) is 0. The molecule has 2 heterocycles. The summed E-state index contributed by atoms with van der Waals surface area (Å²) < 4.78 is 0. The van der Waals surface area contributed by atoms with Crippen LogP contribution in [-0.2, 0) is 4.79 Å². The minimum atomic E-state index is 0.408. The predicted octanol–water partition coefficient (Wildman–Crippen LogP) is 1.98. The van der Waals surface area contributed by atoms with Gasteiger partial charge in [-0.25, -0.2) is 0 Å². The number of likely N-dealkylation sites (tertiary alicyclic amines) is 2. The van der Waals surface area contributed by atoms with Crippen molar-refractivity contribution < 1.29 is 4.79 Å². The molecule has 2 fully saturated rings. The van der Waals surface area contributed by atoms with Gasteiger partial charge in [-0.2, -0.15) is 0 Å². The van der Waals surface area contributed by atoms with Gasteiger partial charge in [0, 0.05) is 19.5 Å². The van der Waals surface area contributed by atoms with E-state index in [2.05, 4.69) is 23.8 Å². The standard InChI is InChI=1S/C14H26N2O/c1-12-4-3-7-16(11-12)14(17)10-13-5-8-15(2)9-6-13/h12-13H,3-11H2,1-2H3/t12-/m0/s1. The largest absolute Gasteiger partial charge is 0.342 e. The first-order chi connectivity index (χ1) is 8.15. The lowest BCUT2D eigenvalue weighted by Crippen LogP contribution is -2.41. The summed E-state index contributed by atoms with van der Waals surface area (Å²) in [6, 6.07) is 0. The lowest BCUT2D eigenvalue weighted by atomic mass is 9.92. The molecule has 17 heavy (non-hydrogen) atoms. The number of rotatable bonds is 2. The van der Waals surface area contributed by atoms with Gasteiger partial charge in [-0.05, 0) is 57.7 Å². The first-order valence-corrected chi connectivity index (χ1v) is 7.11. The van der Waals surface area contributed by atoms with Crippen LogP contribution in [0.15, 0.2) is 0 Å². The van der Waals surface area contributed by atoms with E-state index in [1.54, 1.807) is 0 Å². The molecular weight excluding hydrogens is 212 g/mol. The average Bonchev–Trinajstić information content (AvgIpc) is 2.32. The van der Waals surface area contributed by atoms with Crippen LogP contribution >= 0.6 is 0 Å². The molecule has 0 radical (unpaired) electrons. The average molecular weight is 238 g/mol. The second-order valence-electron chi connectivity index (χ2n) is 6.04. The lowest BCUT2D eigenvalue weighted by molar-refractivity contribution is -0.134. The molecule has 0 aliphatic carbocycles. The van der Waals surface area contributed by atoms with Crippen LogP contribution in [0, 0.1) is 11.8 Å². The molecule has 2 saturated heterocycles. The summed E-state index contributed by atoms with van der Waals surface area (Å²) in [5.74, 6) is 1.74. The summed E-state index contributed by atoms with van der Waals surface area (Å²) in [6.07, 6.45) is 5.68. The minimum Gasteiger partial charge on any atom is -0.342 e. The van der Waals surface area contributed by atoms with E-state index in [0.717, 1.165) is 32.6 Å². The molecule has 1 atom stereocenters. The Bertz CT molecular complexity index is 259. The monoisotopic (exact) mass is 238 g/mol. The first-order valence-electron chi connectivity index (χ1n) is 7.11. The molecule has 98 valence electrons. The van der Waals surface area contributed by atoms with E-state index in [1.165, 1.54) is 25.7 Å². The van der Waals surface area contributed by atoms with Crippen molar-refractivity contribution in [1.29, 1.82) is 0 Å². The van der Waals surface area contributed by atoms with E-state index in [1.807, 2.05) is 0 Å². The first kappa shape index (κ1) is 12.9. The van der Waals surface area contributed by atoms with Gasteiger partial charge < -0.3 is 9.80 Å². The van der Waals surface area contributed by atoms with Crippen LogP contribution in [-0.4, -0.2) is 48.9 Å². The van der Waals surface area contributed by atoms with Crippen LogP contribution in [0.3, 0.4) is 0 Å². The Morgan fingerprint density at radius 2 is 1.88 bits per heavy atom. The number of piperidine rings is 2. The van der Waals surface area contributed by atoms with Crippen molar-refractivity contribution in [2.24, 2.45) is 11.8 Å². The highest BCUT2D eigenvalue weighted by Crippen LogP contribution is 2.22. The van der Waals surface area contributed by atoms with Crippen molar-refractivity contribution >= 4 is 5.91 Å². The van der Waals surface area contributed by atoms with Gasteiger partial charge in [-0.3, -0.25) is 4.79 Å². The second kappa shape index (κ2) is 5.85. The van der Waals surface area contributed by atoms with Gasteiger partial charge in [0.05, 0.1) is 0 Å². The topological polar surface area (TPSA) is 23.6 Å². The van der Waals surface area contributed by atoms with E-state index in [4.69, 9.17) is 0 Å². The van der Waals surface area contributed by atoms with Crippen LogP contribution in [0.25, 0.3) is 0 Å². The van der Waals surface area contributed by atoms with E-state index in [-0.39, 0.29) is 0 Å². The highest BCUT2D eigenvalue weighted by Gasteiger charge is 2.25. The number of hydrogen-bond donors (Lipinski definition) is 0. The van der Waals surface area contributed by atoms with E-state index < -0.39 is 0 Å². The summed E-state index contributed by atoms with van der Waals surface area (Å²) in [5, 5.41) is 0. The molecule has 3 nitrogen and oxygen atoms in total. The third-order valence-electron chi connectivity index (χ3n) is 4.31. The Kier molecular flexibility index (Phi) is 4.43. The summed E-state index contributed by atoms with van der Waals surface area (Å²) >= 11 is 0. The molecule has 0 saturated carbocycles. The Morgan fingerprint density at radius 3 is 2.53 bits per heavy atom. The number of carbonyl (C=O) groups is 1. The number of amides is 1. The highest BCUT2D eigenvalue weighted by molar-refractivity contribution is 5.76. The fourth-order valence-corrected chi connectivity index (χ4v) is 3.06. The zero-order valence-electron chi connectivity index (χ0n) is 11.3. The summed E-state index contributed by atoms with van der Waals surface area (Å²) in [7, 11) is 2.17. The maximum absolute atomic E-state index is 12.2. The molecule has 0 spiro atoms. The molecule has 2 aliphatic rings. The Labute approximate surface area is 105 Å². The van der Waals surface area contributed by atoms with Gasteiger partial charge in [0.2, 0.25) is 5.91 Å². The van der Waals surface area contributed by atoms with Gasteiger partial charge in [0.25, 0.3) is 0 Å². The van der Waals surface area contributed by atoms with Crippen molar-refractivity contribution in [3.63, 3.8) is 0 Å². The molecule has 0 aromatic carbocycles. The van der Waals surface area contributed by atoms with Crippen molar-refractivity contribution in [3.8, 4) is 0 Å². The third kappa shape index (κ3) is 3.70. The fraction of sp³-hybridized carbons (Fsp3) is 0.929. The zero-order valence-corrected chi connectivity index (χ0v) is 11.3. The zero-order chi connectivity index (χ0) is 12.3. The Balaban J connectivity index is 1.76. The molecule has 3 heteroatoms. The molecule has 0 aromatic rings. The van der Waals surface area contributed by atoms with E-state index in [0.29, 0.717) is 17.7 Å². The molecule has 2 rings (SSSR count). The van der Waals surface area contributed by atoms with Gasteiger partial charge in [0.15, 0.2) is 0 Å². The van der Waals surface area contributed by atoms with Crippen LogP contribution in [0.1, 0.15) is 39.0 Å². The third-order valence-corrected chi connectivity index (χ3v) is 4.31. The van der Waals surface area contributed by atoms with Gasteiger partial charge in [-0.1, -0.05) is 6.92 Å². The molecule has 1 amide bonds. The minimum absolute atomic E-state index is 0.408. The Hall–Kier alpha value is -0.570. The van der Waals surface area contributed by atoms with Crippen molar-refractivity contribution in [3.05, 3.63) is 0 Å². The van der Waals surface area contributed by atoms with Gasteiger partial charge in [0.1, 0.15) is 0 Å². The maximum atomic E-state index is 12.2. The van der Waals surface area contributed by atoms with Crippen molar-refractivity contribution in [2.45, 2.75) is 39.0 Å². The quantitative estimate of drug-likeness (QED) is 0.734. The smallest absolute Gasteiger partial charge is 0.222 e. The van der Waals surface area contributed by atoms with Gasteiger partial charge >= 0.3 is 0 Å².